The number of benzene rings is 1. The van der Waals surface area contributed by atoms with Gasteiger partial charge >= 0.3 is 0 Å². The summed E-state index contributed by atoms with van der Waals surface area (Å²) in [6.45, 7) is 8.55. The van der Waals surface area contributed by atoms with Crippen molar-refractivity contribution in [2.75, 3.05) is 12.3 Å². The van der Waals surface area contributed by atoms with Crippen LogP contribution in [0.3, 0.4) is 0 Å². The molecule has 15 heavy (non-hydrogen) atoms. The molecule has 0 aliphatic carbocycles. The molecule has 0 spiro atoms. The lowest BCUT2D eigenvalue weighted by Gasteiger charge is -2.12. The van der Waals surface area contributed by atoms with E-state index in [0.717, 1.165) is 24.7 Å². The third-order valence-corrected chi connectivity index (χ3v) is 2.99. The quantitative estimate of drug-likeness (QED) is 0.727. The summed E-state index contributed by atoms with van der Waals surface area (Å²) in [6, 6.07) is 6.10. The van der Waals surface area contributed by atoms with Crippen LogP contribution in [0.4, 0.5) is 5.69 Å². The molecule has 2 heteroatoms. The zero-order chi connectivity index (χ0) is 11.3. The van der Waals surface area contributed by atoms with Crippen LogP contribution < -0.4 is 11.1 Å². The predicted octanol–water partition coefficient (Wildman–Crippen LogP) is 2.71. The fraction of sp³-hybridized carbons (Fsp3) is 0.538. The van der Waals surface area contributed by atoms with Gasteiger partial charge in [-0.3, -0.25) is 0 Å². The molecule has 0 bridgehead atoms. The highest BCUT2D eigenvalue weighted by molar-refractivity contribution is 5.49. The summed E-state index contributed by atoms with van der Waals surface area (Å²) in [5.74, 6) is 0.742. The molecule has 0 aliphatic heterocycles. The SMILES string of the molecule is CCC(C)CNCc1cccc(N)c1C. The Bertz CT molecular complexity index is 307. The fourth-order valence-electron chi connectivity index (χ4n) is 1.49. The average Bonchev–Trinajstić information content (AvgIpc) is 2.24. The molecule has 1 rings (SSSR count). The molecule has 0 aliphatic rings. The molecule has 1 unspecified atom stereocenters. The third-order valence-electron chi connectivity index (χ3n) is 2.99. The van der Waals surface area contributed by atoms with Gasteiger partial charge in [-0.2, -0.15) is 0 Å². The molecule has 0 saturated carbocycles. The van der Waals surface area contributed by atoms with Crippen LogP contribution in [-0.2, 0) is 6.54 Å². The first-order chi connectivity index (χ1) is 7.15. The van der Waals surface area contributed by atoms with E-state index < -0.39 is 0 Å². The van der Waals surface area contributed by atoms with Crippen molar-refractivity contribution in [1.82, 2.24) is 5.32 Å². The van der Waals surface area contributed by atoms with Gasteiger partial charge in [-0.05, 0) is 36.6 Å². The van der Waals surface area contributed by atoms with E-state index in [2.05, 4.69) is 32.2 Å². The van der Waals surface area contributed by atoms with Gasteiger partial charge in [0.15, 0.2) is 0 Å². The normalized spacial score (nSPS) is 12.7. The molecule has 1 aromatic carbocycles. The maximum atomic E-state index is 5.85. The van der Waals surface area contributed by atoms with E-state index in [9.17, 15) is 0 Å². The van der Waals surface area contributed by atoms with Crippen molar-refractivity contribution >= 4 is 5.69 Å². The molecule has 0 amide bonds. The molecule has 1 atom stereocenters. The molecule has 3 N–H and O–H groups in total. The van der Waals surface area contributed by atoms with Crippen LogP contribution in [0.15, 0.2) is 18.2 Å². The van der Waals surface area contributed by atoms with E-state index in [1.807, 2.05) is 12.1 Å². The van der Waals surface area contributed by atoms with E-state index in [-0.39, 0.29) is 0 Å². The number of nitrogens with one attached hydrogen (secondary N) is 1. The Balaban J connectivity index is 2.47. The zero-order valence-electron chi connectivity index (χ0n) is 10.0. The van der Waals surface area contributed by atoms with Crippen molar-refractivity contribution in [2.24, 2.45) is 5.92 Å². The Morgan fingerprint density at radius 2 is 2.13 bits per heavy atom. The standard InChI is InChI=1S/C13H22N2/c1-4-10(2)8-15-9-12-6-5-7-13(14)11(12)3/h5-7,10,15H,4,8-9,14H2,1-3H3. The van der Waals surface area contributed by atoms with Gasteiger partial charge in [0.25, 0.3) is 0 Å². The van der Waals surface area contributed by atoms with Crippen LogP contribution in [-0.4, -0.2) is 6.54 Å². The van der Waals surface area contributed by atoms with Crippen molar-refractivity contribution in [1.29, 1.82) is 0 Å². The summed E-state index contributed by atoms with van der Waals surface area (Å²) in [5, 5.41) is 3.46. The molecule has 84 valence electrons. The van der Waals surface area contributed by atoms with Gasteiger partial charge in [0.05, 0.1) is 0 Å². The number of hydrogen-bond acceptors (Lipinski definition) is 2. The van der Waals surface area contributed by atoms with Crippen molar-refractivity contribution in [2.45, 2.75) is 33.7 Å². The number of anilines is 1. The van der Waals surface area contributed by atoms with Gasteiger partial charge < -0.3 is 11.1 Å². The molecular formula is C13H22N2. The van der Waals surface area contributed by atoms with E-state index in [0.29, 0.717) is 0 Å². The first-order valence-corrected chi connectivity index (χ1v) is 5.69. The van der Waals surface area contributed by atoms with Gasteiger partial charge in [-0.15, -0.1) is 0 Å². The summed E-state index contributed by atoms with van der Waals surface area (Å²) in [4.78, 5) is 0. The first-order valence-electron chi connectivity index (χ1n) is 5.69. The number of hydrogen-bond donors (Lipinski definition) is 2. The first kappa shape index (κ1) is 12.1. The minimum atomic E-state index is 0.742. The zero-order valence-corrected chi connectivity index (χ0v) is 10.0. The Morgan fingerprint density at radius 3 is 2.80 bits per heavy atom. The van der Waals surface area contributed by atoms with E-state index in [4.69, 9.17) is 5.73 Å². The topological polar surface area (TPSA) is 38.0 Å². The minimum absolute atomic E-state index is 0.742. The minimum Gasteiger partial charge on any atom is -0.399 e. The van der Waals surface area contributed by atoms with Gasteiger partial charge in [-0.25, -0.2) is 0 Å². The van der Waals surface area contributed by atoms with Crippen molar-refractivity contribution in [3.05, 3.63) is 29.3 Å². The largest absolute Gasteiger partial charge is 0.399 e. The maximum Gasteiger partial charge on any atom is 0.0346 e. The molecule has 2 nitrogen and oxygen atoms in total. The third kappa shape index (κ3) is 3.56. The molecule has 0 radical (unpaired) electrons. The summed E-state index contributed by atoms with van der Waals surface area (Å²) in [7, 11) is 0. The average molecular weight is 206 g/mol. The van der Waals surface area contributed by atoms with Crippen LogP contribution in [0.1, 0.15) is 31.4 Å². The summed E-state index contributed by atoms with van der Waals surface area (Å²) < 4.78 is 0. The lowest BCUT2D eigenvalue weighted by molar-refractivity contribution is 0.499. The maximum absolute atomic E-state index is 5.85. The lowest BCUT2D eigenvalue weighted by Crippen LogP contribution is -2.20. The number of nitrogens with two attached hydrogens (primary N) is 1. The van der Waals surface area contributed by atoms with E-state index in [1.54, 1.807) is 0 Å². The highest BCUT2D eigenvalue weighted by atomic mass is 14.9. The Kier molecular flexibility index (Phi) is 4.63. The van der Waals surface area contributed by atoms with Crippen molar-refractivity contribution in [3.8, 4) is 0 Å². The van der Waals surface area contributed by atoms with E-state index >= 15 is 0 Å². The van der Waals surface area contributed by atoms with Crippen molar-refractivity contribution in [3.63, 3.8) is 0 Å². The fourth-order valence-corrected chi connectivity index (χ4v) is 1.49. The lowest BCUT2D eigenvalue weighted by atomic mass is 10.1. The van der Waals surface area contributed by atoms with Crippen LogP contribution in [0, 0.1) is 12.8 Å². The molecule has 0 saturated heterocycles. The van der Waals surface area contributed by atoms with Crippen LogP contribution in [0.5, 0.6) is 0 Å². The second kappa shape index (κ2) is 5.76. The molecule has 1 aromatic rings. The Hall–Kier alpha value is -1.02. The monoisotopic (exact) mass is 206 g/mol. The molecular weight excluding hydrogens is 184 g/mol. The summed E-state index contributed by atoms with van der Waals surface area (Å²) in [6.07, 6.45) is 1.23. The molecule has 0 aromatic heterocycles. The molecule has 0 fully saturated rings. The van der Waals surface area contributed by atoms with Crippen LogP contribution >= 0.6 is 0 Å². The van der Waals surface area contributed by atoms with E-state index in [1.165, 1.54) is 17.5 Å². The van der Waals surface area contributed by atoms with Gasteiger partial charge in [-0.1, -0.05) is 32.4 Å². The van der Waals surface area contributed by atoms with Crippen LogP contribution in [0.25, 0.3) is 0 Å². The summed E-state index contributed by atoms with van der Waals surface area (Å²) >= 11 is 0. The highest BCUT2D eigenvalue weighted by Crippen LogP contribution is 2.15. The highest BCUT2D eigenvalue weighted by Gasteiger charge is 2.02. The number of nitrogen functional groups attached to an aromatic ring is 1. The Labute approximate surface area is 92.9 Å². The predicted molar refractivity (Wildman–Crippen MR) is 66.8 cm³/mol. The molecule has 0 heterocycles. The smallest absolute Gasteiger partial charge is 0.0346 e. The van der Waals surface area contributed by atoms with Crippen molar-refractivity contribution < 1.29 is 0 Å². The Morgan fingerprint density at radius 1 is 1.40 bits per heavy atom. The van der Waals surface area contributed by atoms with Gasteiger partial charge in [0, 0.05) is 12.2 Å². The van der Waals surface area contributed by atoms with Gasteiger partial charge in [0.2, 0.25) is 0 Å². The number of rotatable bonds is 5. The second-order valence-electron chi connectivity index (χ2n) is 4.28. The second-order valence-corrected chi connectivity index (χ2v) is 4.28. The summed E-state index contributed by atoms with van der Waals surface area (Å²) in [5.41, 5.74) is 9.24. The van der Waals surface area contributed by atoms with Gasteiger partial charge in [0.1, 0.15) is 0 Å². The van der Waals surface area contributed by atoms with Crippen LogP contribution in [0.2, 0.25) is 0 Å².